The van der Waals surface area contributed by atoms with E-state index in [0.29, 0.717) is 12.8 Å². The van der Waals surface area contributed by atoms with E-state index in [1.165, 1.54) is 0 Å². The number of nitrogens with one attached hydrogen (secondary N) is 2. The van der Waals surface area contributed by atoms with Crippen LogP contribution in [0.3, 0.4) is 0 Å². The van der Waals surface area contributed by atoms with Gasteiger partial charge in [-0.15, -0.1) is 11.3 Å². The Balaban J connectivity index is 1.91. The van der Waals surface area contributed by atoms with Crippen LogP contribution in [-0.2, 0) is 9.53 Å². The molecule has 0 saturated heterocycles. The summed E-state index contributed by atoms with van der Waals surface area (Å²) < 4.78 is 5.21. The molecule has 1 unspecified atom stereocenters. The summed E-state index contributed by atoms with van der Waals surface area (Å²) in [5, 5.41) is 7.64. The van der Waals surface area contributed by atoms with Crippen LogP contribution in [0.5, 0.6) is 0 Å². The highest BCUT2D eigenvalue weighted by Crippen LogP contribution is 2.36. The highest BCUT2D eigenvalue weighted by Gasteiger charge is 2.52. The fourth-order valence-electron chi connectivity index (χ4n) is 1.98. The molecule has 1 saturated carbocycles. The number of thiophene rings is 1. The number of hydrogen-bond donors (Lipinski definition) is 2. The summed E-state index contributed by atoms with van der Waals surface area (Å²) >= 11 is 1.60. The quantitative estimate of drug-likeness (QED) is 0.898. The first-order valence-corrected chi connectivity index (χ1v) is 7.95. The van der Waals surface area contributed by atoms with Gasteiger partial charge in [0.2, 0.25) is 5.91 Å². The number of hydrogen-bond acceptors (Lipinski definition) is 4. The lowest BCUT2D eigenvalue weighted by Gasteiger charge is -2.24. The van der Waals surface area contributed by atoms with Crippen LogP contribution in [0.25, 0.3) is 0 Å². The van der Waals surface area contributed by atoms with Gasteiger partial charge in [-0.25, -0.2) is 4.79 Å². The number of rotatable bonds is 4. The molecule has 2 rings (SSSR count). The zero-order valence-electron chi connectivity index (χ0n) is 12.9. The molecule has 1 aliphatic carbocycles. The zero-order valence-corrected chi connectivity index (χ0v) is 13.7. The molecule has 5 nitrogen and oxygen atoms in total. The van der Waals surface area contributed by atoms with Gasteiger partial charge in [-0.2, -0.15) is 0 Å². The molecule has 1 atom stereocenters. The molecular weight excluding hydrogens is 288 g/mol. The third-order valence-corrected chi connectivity index (χ3v) is 4.30. The summed E-state index contributed by atoms with van der Waals surface area (Å²) in [6.45, 7) is 7.33. The van der Waals surface area contributed by atoms with Crippen molar-refractivity contribution in [3.05, 3.63) is 22.4 Å². The van der Waals surface area contributed by atoms with Crippen LogP contribution in [0.4, 0.5) is 4.79 Å². The minimum Gasteiger partial charge on any atom is -0.444 e. The fourth-order valence-corrected chi connectivity index (χ4v) is 2.71. The van der Waals surface area contributed by atoms with Crippen LogP contribution >= 0.6 is 11.3 Å². The van der Waals surface area contributed by atoms with Gasteiger partial charge in [0.25, 0.3) is 0 Å². The summed E-state index contributed by atoms with van der Waals surface area (Å²) in [5.74, 6) is -0.144. The molecule has 0 bridgehead atoms. The second-order valence-electron chi connectivity index (χ2n) is 6.42. The number of amides is 2. The van der Waals surface area contributed by atoms with E-state index < -0.39 is 17.2 Å². The standard InChI is InChI=1S/C15H22N2O3S/c1-10(11-6-5-9-21-11)16-12(18)15(7-8-15)17-13(19)20-14(2,3)4/h5-6,9-10H,7-8H2,1-4H3,(H,16,18)(H,17,19). The summed E-state index contributed by atoms with van der Waals surface area (Å²) in [5.41, 5.74) is -1.37. The minimum atomic E-state index is -0.798. The Bertz CT molecular complexity index is 516. The van der Waals surface area contributed by atoms with E-state index in [1.807, 2.05) is 24.4 Å². The van der Waals surface area contributed by atoms with E-state index in [4.69, 9.17) is 4.74 Å². The Hall–Kier alpha value is -1.56. The molecular formula is C15H22N2O3S. The van der Waals surface area contributed by atoms with E-state index in [0.717, 1.165) is 4.88 Å². The summed E-state index contributed by atoms with van der Waals surface area (Å²) in [7, 11) is 0. The smallest absolute Gasteiger partial charge is 0.408 e. The first-order valence-electron chi connectivity index (χ1n) is 7.07. The van der Waals surface area contributed by atoms with Crippen LogP contribution in [-0.4, -0.2) is 23.1 Å². The van der Waals surface area contributed by atoms with Crippen LogP contribution in [0, 0.1) is 0 Å². The second kappa shape index (κ2) is 5.67. The monoisotopic (exact) mass is 310 g/mol. The van der Waals surface area contributed by atoms with Crippen molar-refractivity contribution in [2.24, 2.45) is 0 Å². The molecule has 6 heteroatoms. The van der Waals surface area contributed by atoms with Gasteiger partial charge in [-0.05, 0) is 52.0 Å². The van der Waals surface area contributed by atoms with E-state index in [2.05, 4.69) is 10.6 Å². The van der Waals surface area contributed by atoms with Gasteiger partial charge in [-0.3, -0.25) is 4.79 Å². The lowest BCUT2D eigenvalue weighted by Crippen LogP contribution is -2.50. The zero-order chi connectivity index (χ0) is 15.7. The van der Waals surface area contributed by atoms with Gasteiger partial charge in [0.05, 0.1) is 6.04 Å². The molecule has 1 heterocycles. The van der Waals surface area contributed by atoms with Crippen LogP contribution in [0.15, 0.2) is 17.5 Å². The molecule has 1 aromatic rings. The van der Waals surface area contributed by atoms with E-state index >= 15 is 0 Å². The average molecular weight is 310 g/mol. The Morgan fingerprint density at radius 3 is 2.52 bits per heavy atom. The van der Waals surface area contributed by atoms with Crippen LogP contribution < -0.4 is 10.6 Å². The molecule has 21 heavy (non-hydrogen) atoms. The first-order chi connectivity index (χ1) is 9.72. The van der Waals surface area contributed by atoms with Gasteiger partial charge >= 0.3 is 6.09 Å². The average Bonchev–Trinajstić information content (AvgIpc) is 2.90. The molecule has 2 N–H and O–H groups in total. The molecule has 0 radical (unpaired) electrons. The van der Waals surface area contributed by atoms with Crippen LogP contribution in [0.2, 0.25) is 0 Å². The van der Waals surface area contributed by atoms with Gasteiger partial charge < -0.3 is 15.4 Å². The van der Waals surface area contributed by atoms with Gasteiger partial charge in [0, 0.05) is 4.88 Å². The van der Waals surface area contributed by atoms with Crippen molar-refractivity contribution < 1.29 is 14.3 Å². The molecule has 0 aliphatic heterocycles. The summed E-state index contributed by atoms with van der Waals surface area (Å²) in [4.78, 5) is 25.3. The maximum atomic E-state index is 12.4. The Kier molecular flexibility index (Phi) is 4.27. The summed E-state index contributed by atoms with van der Waals surface area (Å²) in [6, 6.07) is 3.88. The number of ether oxygens (including phenoxy) is 1. The van der Waals surface area contributed by atoms with Crippen molar-refractivity contribution in [1.29, 1.82) is 0 Å². The predicted octanol–water partition coefficient (Wildman–Crippen LogP) is 2.98. The number of carbonyl (C=O) groups excluding carboxylic acids is 2. The molecule has 1 fully saturated rings. The minimum absolute atomic E-state index is 0.0598. The molecule has 116 valence electrons. The Morgan fingerprint density at radius 1 is 1.38 bits per heavy atom. The lowest BCUT2D eigenvalue weighted by molar-refractivity contribution is -0.124. The Labute approximate surface area is 129 Å². The fraction of sp³-hybridized carbons (Fsp3) is 0.600. The highest BCUT2D eigenvalue weighted by atomic mass is 32.1. The van der Waals surface area contributed by atoms with Crippen molar-refractivity contribution in [3.8, 4) is 0 Å². The number of carbonyl (C=O) groups is 2. The summed E-state index contributed by atoms with van der Waals surface area (Å²) in [6.07, 6.45) is 0.753. The predicted molar refractivity (Wildman–Crippen MR) is 82.2 cm³/mol. The SMILES string of the molecule is CC(NC(=O)C1(NC(=O)OC(C)(C)C)CC1)c1cccs1. The van der Waals surface area contributed by atoms with Gasteiger partial charge in [0.15, 0.2) is 0 Å². The maximum absolute atomic E-state index is 12.4. The Morgan fingerprint density at radius 2 is 2.05 bits per heavy atom. The van der Waals surface area contributed by atoms with Crippen LogP contribution in [0.1, 0.15) is 51.5 Å². The van der Waals surface area contributed by atoms with E-state index in [9.17, 15) is 9.59 Å². The highest BCUT2D eigenvalue weighted by molar-refractivity contribution is 7.10. The molecule has 2 amide bonds. The molecule has 0 aromatic carbocycles. The number of alkyl carbamates (subject to hydrolysis) is 1. The van der Waals surface area contributed by atoms with E-state index in [-0.39, 0.29) is 11.9 Å². The van der Waals surface area contributed by atoms with Gasteiger partial charge in [0.1, 0.15) is 11.1 Å². The first kappa shape index (κ1) is 15.8. The lowest BCUT2D eigenvalue weighted by atomic mass is 10.2. The molecule has 1 aliphatic rings. The van der Waals surface area contributed by atoms with Crippen molar-refractivity contribution in [3.63, 3.8) is 0 Å². The second-order valence-corrected chi connectivity index (χ2v) is 7.40. The third kappa shape index (κ3) is 4.20. The van der Waals surface area contributed by atoms with Crippen molar-refractivity contribution in [2.75, 3.05) is 0 Å². The van der Waals surface area contributed by atoms with Crippen molar-refractivity contribution in [2.45, 2.75) is 57.7 Å². The maximum Gasteiger partial charge on any atom is 0.408 e. The normalized spacial score (nSPS) is 17.7. The molecule has 0 spiro atoms. The third-order valence-electron chi connectivity index (χ3n) is 3.24. The van der Waals surface area contributed by atoms with Gasteiger partial charge in [-0.1, -0.05) is 6.07 Å². The molecule has 1 aromatic heterocycles. The van der Waals surface area contributed by atoms with Crippen molar-refractivity contribution >= 4 is 23.3 Å². The topological polar surface area (TPSA) is 67.4 Å². The van der Waals surface area contributed by atoms with E-state index in [1.54, 1.807) is 32.1 Å². The van der Waals surface area contributed by atoms with Crippen molar-refractivity contribution in [1.82, 2.24) is 10.6 Å². The largest absolute Gasteiger partial charge is 0.444 e.